The minimum atomic E-state index is -0.504. The zero-order valence-electron chi connectivity index (χ0n) is 13.2. The predicted molar refractivity (Wildman–Crippen MR) is 87.2 cm³/mol. The molecule has 2 N–H and O–H groups in total. The highest BCUT2D eigenvalue weighted by molar-refractivity contribution is 9.10. The zero-order chi connectivity index (χ0) is 16.5. The van der Waals surface area contributed by atoms with E-state index in [0.717, 1.165) is 10.9 Å². The van der Waals surface area contributed by atoms with Crippen LogP contribution in [-0.2, 0) is 4.74 Å². The van der Waals surface area contributed by atoms with Gasteiger partial charge in [-0.25, -0.2) is 9.18 Å². The number of amides is 1. The predicted octanol–water partition coefficient (Wildman–Crippen LogP) is 3.90. The second-order valence-corrected chi connectivity index (χ2v) is 7.56. The second kappa shape index (κ2) is 6.54. The summed E-state index contributed by atoms with van der Waals surface area (Å²) in [6.07, 6.45) is 0.408. The molecule has 1 aliphatic carbocycles. The van der Waals surface area contributed by atoms with E-state index >= 15 is 0 Å². The van der Waals surface area contributed by atoms with Gasteiger partial charge in [-0.15, -0.1) is 0 Å². The minimum absolute atomic E-state index is 0.0378. The molecule has 1 aliphatic rings. The van der Waals surface area contributed by atoms with Crippen molar-refractivity contribution in [3.63, 3.8) is 0 Å². The first-order valence-corrected chi connectivity index (χ1v) is 8.15. The van der Waals surface area contributed by atoms with E-state index in [1.54, 1.807) is 6.07 Å². The Bertz CT molecular complexity index is 560. The number of halogens is 2. The van der Waals surface area contributed by atoms with Crippen molar-refractivity contribution < 1.29 is 13.9 Å². The zero-order valence-corrected chi connectivity index (χ0v) is 14.8. The molecule has 1 aromatic rings. The summed E-state index contributed by atoms with van der Waals surface area (Å²) >= 11 is 3.25. The number of nitrogens with one attached hydrogen (secondary N) is 2. The smallest absolute Gasteiger partial charge is 0.407 e. The van der Waals surface area contributed by atoms with Crippen LogP contribution < -0.4 is 10.6 Å². The fraction of sp³-hybridized carbons (Fsp3) is 0.562. The van der Waals surface area contributed by atoms with Gasteiger partial charge in [-0.1, -0.05) is 22.0 Å². The topological polar surface area (TPSA) is 50.4 Å². The Morgan fingerprint density at radius 1 is 1.41 bits per heavy atom. The molecular formula is C16H22BrFN2O2. The first-order chi connectivity index (χ1) is 10.2. The van der Waals surface area contributed by atoms with Crippen molar-refractivity contribution in [1.29, 1.82) is 0 Å². The normalized spacial score (nSPS) is 22.1. The van der Waals surface area contributed by atoms with E-state index in [4.69, 9.17) is 4.74 Å². The first kappa shape index (κ1) is 17.2. The van der Waals surface area contributed by atoms with Gasteiger partial charge in [0.25, 0.3) is 0 Å². The van der Waals surface area contributed by atoms with Gasteiger partial charge in [0.2, 0.25) is 0 Å². The Morgan fingerprint density at radius 3 is 2.68 bits per heavy atom. The van der Waals surface area contributed by atoms with Crippen LogP contribution in [0.15, 0.2) is 22.7 Å². The first-order valence-electron chi connectivity index (χ1n) is 7.36. The highest BCUT2D eigenvalue weighted by Gasteiger charge is 2.40. The highest BCUT2D eigenvalue weighted by Crippen LogP contribution is 2.27. The van der Waals surface area contributed by atoms with Crippen LogP contribution in [-0.4, -0.2) is 23.8 Å². The SMILES string of the molecule is CC(NC1CC1NC(=O)OC(C)(C)C)c1ccc(Br)cc1F. The van der Waals surface area contributed by atoms with E-state index in [0.29, 0.717) is 5.56 Å². The lowest BCUT2D eigenvalue weighted by molar-refractivity contribution is 0.0522. The van der Waals surface area contributed by atoms with E-state index < -0.39 is 11.7 Å². The van der Waals surface area contributed by atoms with Crippen LogP contribution in [0.4, 0.5) is 9.18 Å². The van der Waals surface area contributed by atoms with Crippen molar-refractivity contribution in [2.45, 2.75) is 57.8 Å². The van der Waals surface area contributed by atoms with Crippen LogP contribution in [0, 0.1) is 5.82 Å². The fourth-order valence-electron chi connectivity index (χ4n) is 2.26. The number of ether oxygens (including phenoxy) is 1. The Balaban J connectivity index is 1.82. The summed E-state index contributed by atoms with van der Waals surface area (Å²) in [5.74, 6) is -0.244. The molecule has 0 radical (unpaired) electrons. The molecule has 122 valence electrons. The van der Waals surface area contributed by atoms with Crippen LogP contribution >= 0.6 is 15.9 Å². The van der Waals surface area contributed by atoms with Gasteiger partial charge in [-0.05, 0) is 46.2 Å². The molecule has 0 heterocycles. The summed E-state index contributed by atoms with van der Waals surface area (Å²) < 4.78 is 19.8. The lowest BCUT2D eigenvalue weighted by atomic mass is 10.1. The number of benzene rings is 1. The van der Waals surface area contributed by atoms with E-state index in [1.165, 1.54) is 6.07 Å². The van der Waals surface area contributed by atoms with E-state index in [1.807, 2.05) is 33.8 Å². The largest absolute Gasteiger partial charge is 0.444 e. The summed E-state index contributed by atoms with van der Waals surface area (Å²) in [5.41, 5.74) is 0.113. The lowest BCUT2D eigenvalue weighted by Crippen LogP contribution is -2.37. The Kier molecular flexibility index (Phi) is 5.12. The summed E-state index contributed by atoms with van der Waals surface area (Å²) in [7, 11) is 0. The average Bonchev–Trinajstić information content (AvgIpc) is 3.03. The fourth-order valence-corrected chi connectivity index (χ4v) is 2.59. The molecule has 2 rings (SSSR count). The van der Waals surface area contributed by atoms with Gasteiger partial charge in [0, 0.05) is 28.2 Å². The third-order valence-electron chi connectivity index (χ3n) is 3.39. The van der Waals surface area contributed by atoms with Crippen molar-refractivity contribution in [2.24, 2.45) is 0 Å². The van der Waals surface area contributed by atoms with E-state index in [-0.39, 0.29) is 23.9 Å². The van der Waals surface area contributed by atoms with Crippen molar-refractivity contribution >= 4 is 22.0 Å². The Morgan fingerprint density at radius 2 is 2.09 bits per heavy atom. The standard InChI is InChI=1S/C16H22BrFN2O2/c1-9(11-6-5-10(17)7-12(11)18)19-13-8-14(13)20-15(21)22-16(2,3)4/h5-7,9,13-14,19H,8H2,1-4H3,(H,20,21). The number of hydrogen-bond donors (Lipinski definition) is 2. The lowest BCUT2D eigenvalue weighted by Gasteiger charge is -2.20. The average molecular weight is 373 g/mol. The quantitative estimate of drug-likeness (QED) is 0.842. The Labute approximate surface area is 138 Å². The molecule has 0 aliphatic heterocycles. The molecule has 0 aromatic heterocycles. The number of alkyl carbamates (subject to hydrolysis) is 1. The van der Waals surface area contributed by atoms with Gasteiger partial charge in [0.15, 0.2) is 0 Å². The molecule has 3 unspecified atom stereocenters. The van der Waals surface area contributed by atoms with Gasteiger partial charge >= 0.3 is 6.09 Å². The molecule has 22 heavy (non-hydrogen) atoms. The molecule has 1 fully saturated rings. The molecule has 4 nitrogen and oxygen atoms in total. The van der Waals surface area contributed by atoms with Crippen molar-refractivity contribution in [3.05, 3.63) is 34.1 Å². The molecule has 1 aromatic carbocycles. The van der Waals surface area contributed by atoms with Crippen LogP contribution in [0.1, 0.15) is 45.7 Å². The summed E-state index contributed by atoms with van der Waals surface area (Å²) in [4.78, 5) is 11.7. The number of hydrogen-bond acceptors (Lipinski definition) is 3. The number of rotatable bonds is 4. The molecule has 3 atom stereocenters. The van der Waals surface area contributed by atoms with Crippen LogP contribution in [0.3, 0.4) is 0 Å². The second-order valence-electron chi connectivity index (χ2n) is 6.65. The van der Waals surface area contributed by atoms with E-state index in [2.05, 4.69) is 26.6 Å². The van der Waals surface area contributed by atoms with Crippen molar-refractivity contribution in [1.82, 2.24) is 10.6 Å². The van der Waals surface area contributed by atoms with Gasteiger partial charge in [-0.3, -0.25) is 0 Å². The highest BCUT2D eigenvalue weighted by atomic mass is 79.9. The third kappa shape index (κ3) is 4.95. The summed E-state index contributed by atoms with van der Waals surface area (Å²) in [5, 5.41) is 6.14. The number of carbonyl (C=O) groups excluding carboxylic acids is 1. The van der Waals surface area contributed by atoms with Gasteiger partial charge in [0.1, 0.15) is 11.4 Å². The minimum Gasteiger partial charge on any atom is -0.444 e. The van der Waals surface area contributed by atoms with Gasteiger partial charge in [0.05, 0.1) is 0 Å². The molecule has 1 amide bonds. The molecular weight excluding hydrogens is 351 g/mol. The van der Waals surface area contributed by atoms with Gasteiger partial charge in [-0.2, -0.15) is 0 Å². The maximum atomic E-state index is 13.9. The molecule has 1 saturated carbocycles. The third-order valence-corrected chi connectivity index (χ3v) is 3.88. The summed E-state index contributed by atoms with van der Waals surface area (Å²) in [6.45, 7) is 7.39. The maximum absolute atomic E-state index is 13.9. The molecule has 6 heteroatoms. The monoisotopic (exact) mass is 372 g/mol. The van der Waals surface area contributed by atoms with E-state index in [9.17, 15) is 9.18 Å². The molecule has 0 bridgehead atoms. The van der Waals surface area contributed by atoms with Crippen LogP contribution in [0.2, 0.25) is 0 Å². The molecule has 0 saturated heterocycles. The maximum Gasteiger partial charge on any atom is 0.407 e. The van der Waals surface area contributed by atoms with Crippen molar-refractivity contribution in [3.8, 4) is 0 Å². The van der Waals surface area contributed by atoms with Gasteiger partial charge < -0.3 is 15.4 Å². The molecule has 0 spiro atoms. The van der Waals surface area contributed by atoms with Crippen molar-refractivity contribution in [2.75, 3.05) is 0 Å². The Hall–Kier alpha value is -1.14. The summed E-state index contributed by atoms with van der Waals surface area (Å²) in [6, 6.07) is 5.09. The van der Waals surface area contributed by atoms with Crippen LogP contribution in [0.25, 0.3) is 0 Å². The van der Waals surface area contributed by atoms with Crippen LogP contribution in [0.5, 0.6) is 0 Å². The number of carbonyl (C=O) groups is 1.